The van der Waals surface area contributed by atoms with E-state index in [1.54, 1.807) is 5.48 Å². The summed E-state index contributed by atoms with van der Waals surface area (Å²) < 4.78 is 0. The van der Waals surface area contributed by atoms with Crippen molar-refractivity contribution >= 4 is 17.2 Å². The van der Waals surface area contributed by atoms with Gasteiger partial charge >= 0.3 is 0 Å². The lowest BCUT2D eigenvalue weighted by atomic mass is 9.84. The van der Waals surface area contributed by atoms with Crippen molar-refractivity contribution in [3.63, 3.8) is 0 Å². The van der Waals surface area contributed by atoms with Gasteiger partial charge in [0.1, 0.15) is 0 Å². The summed E-state index contributed by atoms with van der Waals surface area (Å²) in [6.07, 6.45) is 6.18. The number of aryl methyl sites for hydroxylation is 1. The number of thiophene rings is 1. The number of nitrogens with one attached hydrogen (secondary N) is 1. The predicted molar refractivity (Wildman–Crippen MR) is 63.8 cm³/mol. The molecule has 88 valence electrons. The van der Waals surface area contributed by atoms with E-state index in [-0.39, 0.29) is 5.91 Å². The standard InChI is InChI=1S/C12H17NO2S/c14-12(13-15)6-2-5-10-7-8-11(16-10)9-3-1-4-9/h7-9,15H,1-6H2,(H,13,14). The minimum absolute atomic E-state index is 0.296. The number of hydrogen-bond acceptors (Lipinski definition) is 3. The molecule has 1 amide bonds. The van der Waals surface area contributed by atoms with Crippen LogP contribution in [0.25, 0.3) is 0 Å². The topological polar surface area (TPSA) is 49.3 Å². The highest BCUT2D eigenvalue weighted by Gasteiger charge is 2.20. The van der Waals surface area contributed by atoms with Crippen LogP contribution in [0.15, 0.2) is 12.1 Å². The van der Waals surface area contributed by atoms with Gasteiger partial charge in [0, 0.05) is 16.2 Å². The molecule has 2 N–H and O–H groups in total. The van der Waals surface area contributed by atoms with Crippen LogP contribution < -0.4 is 5.48 Å². The van der Waals surface area contributed by atoms with Gasteiger partial charge in [-0.3, -0.25) is 10.0 Å². The van der Waals surface area contributed by atoms with Crippen molar-refractivity contribution in [1.29, 1.82) is 0 Å². The van der Waals surface area contributed by atoms with Gasteiger partial charge in [0.25, 0.3) is 0 Å². The number of rotatable bonds is 5. The van der Waals surface area contributed by atoms with Gasteiger partial charge in [-0.25, -0.2) is 5.48 Å². The lowest BCUT2D eigenvalue weighted by Gasteiger charge is -2.23. The lowest BCUT2D eigenvalue weighted by molar-refractivity contribution is -0.129. The Bertz CT molecular complexity index is 358. The molecule has 0 unspecified atom stereocenters. The van der Waals surface area contributed by atoms with Crippen LogP contribution in [-0.2, 0) is 11.2 Å². The van der Waals surface area contributed by atoms with Gasteiger partial charge in [-0.1, -0.05) is 6.42 Å². The number of hydrogen-bond donors (Lipinski definition) is 2. The average Bonchev–Trinajstić information content (AvgIpc) is 2.63. The summed E-state index contributed by atoms with van der Waals surface area (Å²) >= 11 is 1.88. The third-order valence-corrected chi connectivity index (χ3v) is 4.45. The van der Waals surface area contributed by atoms with E-state index in [4.69, 9.17) is 5.21 Å². The first-order chi connectivity index (χ1) is 7.79. The van der Waals surface area contributed by atoms with E-state index in [0.29, 0.717) is 6.42 Å². The van der Waals surface area contributed by atoms with Crippen molar-refractivity contribution in [2.75, 3.05) is 0 Å². The molecule has 1 aliphatic carbocycles. The quantitative estimate of drug-likeness (QED) is 0.613. The molecule has 1 aromatic heterocycles. The van der Waals surface area contributed by atoms with Crippen molar-refractivity contribution in [1.82, 2.24) is 5.48 Å². The molecule has 0 aliphatic heterocycles. The van der Waals surface area contributed by atoms with Crippen LogP contribution in [0.5, 0.6) is 0 Å². The normalized spacial score (nSPS) is 15.8. The van der Waals surface area contributed by atoms with Gasteiger partial charge in [0.2, 0.25) is 5.91 Å². The monoisotopic (exact) mass is 239 g/mol. The molecule has 1 saturated carbocycles. The van der Waals surface area contributed by atoms with Gasteiger partial charge in [-0.05, 0) is 43.7 Å². The van der Waals surface area contributed by atoms with Gasteiger partial charge < -0.3 is 0 Å². The molecule has 1 aromatic rings. The minimum Gasteiger partial charge on any atom is -0.289 e. The molecule has 0 bridgehead atoms. The van der Waals surface area contributed by atoms with Crippen LogP contribution in [0.4, 0.5) is 0 Å². The smallest absolute Gasteiger partial charge is 0.243 e. The molecule has 0 aromatic carbocycles. The third-order valence-electron chi connectivity index (χ3n) is 3.14. The minimum atomic E-state index is -0.296. The average molecular weight is 239 g/mol. The highest BCUT2D eigenvalue weighted by molar-refractivity contribution is 7.12. The largest absolute Gasteiger partial charge is 0.289 e. The van der Waals surface area contributed by atoms with Gasteiger partial charge in [0.15, 0.2) is 0 Å². The maximum Gasteiger partial charge on any atom is 0.243 e. The Morgan fingerprint density at radius 3 is 2.94 bits per heavy atom. The van der Waals surface area contributed by atoms with Crippen molar-refractivity contribution < 1.29 is 10.0 Å². The van der Waals surface area contributed by atoms with E-state index in [9.17, 15) is 4.79 Å². The van der Waals surface area contributed by atoms with Gasteiger partial charge in [-0.15, -0.1) is 11.3 Å². The lowest BCUT2D eigenvalue weighted by Crippen LogP contribution is -2.17. The molecule has 0 saturated heterocycles. The Balaban J connectivity index is 1.76. The van der Waals surface area contributed by atoms with Crippen molar-refractivity contribution in [2.45, 2.75) is 44.4 Å². The molecule has 0 radical (unpaired) electrons. The molecule has 16 heavy (non-hydrogen) atoms. The first-order valence-electron chi connectivity index (χ1n) is 5.81. The van der Waals surface area contributed by atoms with E-state index < -0.39 is 0 Å². The predicted octanol–water partition coefficient (Wildman–Crippen LogP) is 2.84. The number of amides is 1. The third kappa shape index (κ3) is 2.83. The molecular weight excluding hydrogens is 222 g/mol. The Hall–Kier alpha value is -0.870. The first-order valence-corrected chi connectivity index (χ1v) is 6.63. The first kappa shape index (κ1) is 11.6. The van der Waals surface area contributed by atoms with Crippen molar-refractivity contribution in [3.05, 3.63) is 21.9 Å². The number of carbonyl (C=O) groups is 1. The van der Waals surface area contributed by atoms with Crippen LogP contribution in [0, 0.1) is 0 Å². The zero-order chi connectivity index (χ0) is 11.4. The summed E-state index contributed by atoms with van der Waals surface area (Å²) in [5.41, 5.74) is 1.66. The summed E-state index contributed by atoms with van der Waals surface area (Å²) in [5.74, 6) is 0.510. The Kier molecular flexibility index (Phi) is 3.96. The fourth-order valence-electron chi connectivity index (χ4n) is 1.92. The highest BCUT2D eigenvalue weighted by Crippen LogP contribution is 2.39. The molecule has 2 rings (SSSR count). The number of carbonyl (C=O) groups excluding carboxylic acids is 1. The van der Waals surface area contributed by atoms with Crippen LogP contribution in [0.2, 0.25) is 0 Å². The molecule has 3 nitrogen and oxygen atoms in total. The molecule has 1 aliphatic rings. The fraction of sp³-hybridized carbons (Fsp3) is 0.583. The molecular formula is C12H17NO2S. The molecule has 4 heteroatoms. The maximum absolute atomic E-state index is 10.8. The molecule has 1 heterocycles. The Morgan fingerprint density at radius 2 is 2.31 bits per heavy atom. The van der Waals surface area contributed by atoms with E-state index >= 15 is 0 Å². The van der Waals surface area contributed by atoms with Crippen molar-refractivity contribution in [2.24, 2.45) is 0 Å². The Morgan fingerprint density at radius 1 is 1.50 bits per heavy atom. The fourth-order valence-corrected chi connectivity index (χ4v) is 3.14. The van der Waals surface area contributed by atoms with Crippen molar-refractivity contribution in [3.8, 4) is 0 Å². The molecule has 0 spiro atoms. The van der Waals surface area contributed by atoms with E-state index in [0.717, 1.165) is 18.8 Å². The van der Waals surface area contributed by atoms with Crippen LogP contribution in [-0.4, -0.2) is 11.1 Å². The van der Waals surface area contributed by atoms with Crippen LogP contribution >= 0.6 is 11.3 Å². The molecule has 1 fully saturated rings. The summed E-state index contributed by atoms with van der Waals surface area (Å²) in [6.45, 7) is 0. The maximum atomic E-state index is 10.8. The summed E-state index contributed by atoms with van der Waals surface area (Å²) in [4.78, 5) is 13.7. The van der Waals surface area contributed by atoms with E-state index in [1.807, 2.05) is 11.3 Å². The molecule has 0 atom stereocenters. The summed E-state index contributed by atoms with van der Waals surface area (Å²) in [6, 6.07) is 4.41. The Labute approximate surface area is 99.4 Å². The zero-order valence-corrected chi connectivity index (χ0v) is 10.1. The summed E-state index contributed by atoms with van der Waals surface area (Å²) in [5, 5.41) is 8.35. The summed E-state index contributed by atoms with van der Waals surface area (Å²) in [7, 11) is 0. The van der Waals surface area contributed by atoms with Gasteiger partial charge in [-0.2, -0.15) is 0 Å². The van der Waals surface area contributed by atoms with Crippen LogP contribution in [0.3, 0.4) is 0 Å². The van der Waals surface area contributed by atoms with Crippen LogP contribution in [0.1, 0.15) is 47.8 Å². The second-order valence-electron chi connectivity index (χ2n) is 4.32. The SMILES string of the molecule is O=C(CCCc1ccc(C2CCC2)s1)NO. The number of hydroxylamine groups is 1. The van der Waals surface area contributed by atoms with E-state index in [1.165, 1.54) is 29.0 Å². The van der Waals surface area contributed by atoms with E-state index in [2.05, 4.69) is 12.1 Å². The van der Waals surface area contributed by atoms with Gasteiger partial charge in [0.05, 0.1) is 0 Å². The highest BCUT2D eigenvalue weighted by atomic mass is 32.1. The zero-order valence-electron chi connectivity index (χ0n) is 9.24. The second-order valence-corrected chi connectivity index (χ2v) is 5.52. The second kappa shape index (κ2) is 5.46.